The van der Waals surface area contributed by atoms with Crippen molar-refractivity contribution >= 4 is 40.8 Å². The van der Waals surface area contributed by atoms with Crippen LogP contribution in [0.15, 0.2) is 57.6 Å². The molecule has 0 spiro atoms. The topological polar surface area (TPSA) is 115 Å². The molecule has 0 saturated carbocycles. The number of hydrogen-bond acceptors (Lipinski definition) is 8. The Hall–Kier alpha value is -3.66. The molecular formula is C19H16N4O5S. The van der Waals surface area contributed by atoms with Crippen molar-refractivity contribution in [2.75, 3.05) is 14.2 Å². The zero-order valence-corrected chi connectivity index (χ0v) is 16.3. The average molecular weight is 412 g/mol. The van der Waals surface area contributed by atoms with Gasteiger partial charge in [0.1, 0.15) is 11.5 Å². The van der Waals surface area contributed by atoms with Gasteiger partial charge in [-0.1, -0.05) is 0 Å². The van der Waals surface area contributed by atoms with Crippen molar-refractivity contribution in [3.8, 4) is 11.5 Å². The Labute approximate surface area is 170 Å². The molecule has 0 atom stereocenters. The minimum absolute atomic E-state index is 0.0128. The number of methoxy groups -OCH3 is 2. The minimum atomic E-state index is -0.478. The van der Waals surface area contributed by atoms with E-state index >= 15 is 0 Å². The van der Waals surface area contributed by atoms with Gasteiger partial charge < -0.3 is 9.47 Å². The second-order valence-electron chi connectivity index (χ2n) is 5.67. The standard InChI is InChI=1S/C19H16N4O5S/c1-27-15-8-5-13(16(10-15)28-2)11-20-22-19-21-18(24)17(29-19)9-12-3-6-14(7-4-12)23(25)26/h3-11H,1-2H3,(H,21,22,24)/b17-9+,20-11?. The van der Waals surface area contributed by atoms with Gasteiger partial charge in [-0.25, -0.2) is 0 Å². The van der Waals surface area contributed by atoms with Crippen LogP contribution in [0.4, 0.5) is 5.69 Å². The number of rotatable bonds is 6. The van der Waals surface area contributed by atoms with Crippen LogP contribution in [0.2, 0.25) is 0 Å². The number of non-ortho nitro benzene ring substituents is 1. The monoisotopic (exact) mass is 412 g/mol. The molecule has 0 unspecified atom stereocenters. The van der Waals surface area contributed by atoms with Gasteiger partial charge in [-0.2, -0.15) is 5.10 Å². The highest BCUT2D eigenvalue weighted by Crippen LogP contribution is 2.27. The molecule has 10 heteroatoms. The molecule has 148 valence electrons. The summed E-state index contributed by atoms with van der Waals surface area (Å²) in [5.74, 6) is 0.921. The number of carbonyl (C=O) groups is 1. The minimum Gasteiger partial charge on any atom is -0.497 e. The van der Waals surface area contributed by atoms with Gasteiger partial charge >= 0.3 is 0 Å². The molecule has 2 aromatic carbocycles. The van der Waals surface area contributed by atoms with Gasteiger partial charge in [0.15, 0.2) is 5.17 Å². The molecule has 1 fully saturated rings. The number of hydrogen-bond donors (Lipinski definition) is 1. The van der Waals surface area contributed by atoms with E-state index in [0.29, 0.717) is 32.7 Å². The predicted octanol–water partition coefficient (Wildman–Crippen LogP) is 3.21. The molecule has 1 aliphatic heterocycles. The smallest absolute Gasteiger partial charge is 0.269 e. The second-order valence-corrected chi connectivity index (χ2v) is 6.70. The summed E-state index contributed by atoms with van der Waals surface area (Å²) >= 11 is 1.13. The normalized spacial score (nSPS) is 16.4. The highest BCUT2D eigenvalue weighted by atomic mass is 32.2. The van der Waals surface area contributed by atoms with Crippen molar-refractivity contribution < 1.29 is 19.2 Å². The Balaban J connectivity index is 1.72. The maximum atomic E-state index is 12.1. The predicted molar refractivity (Wildman–Crippen MR) is 111 cm³/mol. The van der Waals surface area contributed by atoms with Crippen LogP contribution in [0.25, 0.3) is 6.08 Å². The van der Waals surface area contributed by atoms with Crippen LogP contribution in [-0.2, 0) is 4.79 Å². The lowest BCUT2D eigenvalue weighted by molar-refractivity contribution is -0.384. The Kier molecular flexibility index (Phi) is 6.25. The van der Waals surface area contributed by atoms with Crippen molar-refractivity contribution in [3.05, 3.63) is 68.6 Å². The zero-order chi connectivity index (χ0) is 20.8. The molecule has 2 aromatic rings. The molecule has 1 N–H and O–H groups in total. The quantitative estimate of drug-likeness (QED) is 0.337. The van der Waals surface area contributed by atoms with Gasteiger partial charge in [0.2, 0.25) is 0 Å². The van der Waals surface area contributed by atoms with E-state index in [1.807, 2.05) is 0 Å². The molecule has 0 bridgehead atoms. The number of nitrogens with one attached hydrogen (secondary N) is 1. The van der Waals surface area contributed by atoms with Gasteiger partial charge in [0.05, 0.1) is 30.3 Å². The Morgan fingerprint density at radius 2 is 1.90 bits per heavy atom. The number of carbonyl (C=O) groups excluding carboxylic acids is 1. The van der Waals surface area contributed by atoms with Gasteiger partial charge in [-0.3, -0.25) is 20.2 Å². The molecule has 1 heterocycles. The van der Waals surface area contributed by atoms with Crippen LogP contribution in [0.5, 0.6) is 11.5 Å². The second kappa shape index (κ2) is 9.02. The van der Waals surface area contributed by atoms with Gasteiger partial charge in [-0.15, -0.1) is 5.10 Å². The Morgan fingerprint density at radius 1 is 1.14 bits per heavy atom. The Bertz CT molecular complexity index is 1030. The number of amidine groups is 1. The number of thioether (sulfide) groups is 1. The van der Waals surface area contributed by atoms with E-state index in [4.69, 9.17) is 9.47 Å². The summed E-state index contributed by atoms with van der Waals surface area (Å²) in [6.07, 6.45) is 3.14. The number of benzene rings is 2. The fraction of sp³-hybridized carbons (Fsp3) is 0.105. The summed E-state index contributed by atoms with van der Waals surface area (Å²) in [6.45, 7) is 0. The molecule has 1 amide bonds. The van der Waals surface area contributed by atoms with Crippen LogP contribution < -0.4 is 14.8 Å². The highest BCUT2D eigenvalue weighted by molar-refractivity contribution is 8.18. The SMILES string of the molecule is COc1ccc(C=NN=C2NC(=O)/C(=C\c3ccc([N+](=O)[O-])cc3)S2)c(OC)c1. The molecule has 0 aliphatic carbocycles. The number of amides is 1. The first-order valence-electron chi connectivity index (χ1n) is 8.28. The molecule has 1 aliphatic rings. The first-order chi connectivity index (χ1) is 14.0. The van der Waals surface area contributed by atoms with E-state index in [2.05, 4.69) is 15.5 Å². The maximum Gasteiger partial charge on any atom is 0.269 e. The highest BCUT2D eigenvalue weighted by Gasteiger charge is 2.23. The van der Waals surface area contributed by atoms with E-state index in [0.717, 1.165) is 11.8 Å². The van der Waals surface area contributed by atoms with Gasteiger partial charge in [0.25, 0.3) is 11.6 Å². The van der Waals surface area contributed by atoms with Crippen molar-refractivity contribution in [3.63, 3.8) is 0 Å². The summed E-state index contributed by atoms with van der Waals surface area (Å²) in [5.41, 5.74) is 1.36. The fourth-order valence-corrected chi connectivity index (χ4v) is 3.17. The molecule has 29 heavy (non-hydrogen) atoms. The lowest BCUT2D eigenvalue weighted by Gasteiger charge is -2.06. The number of nitro benzene ring substituents is 1. The summed E-state index contributed by atoms with van der Waals surface area (Å²) in [4.78, 5) is 22.7. The van der Waals surface area contributed by atoms with E-state index in [9.17, 15) is 14.9 Å². The van der Waals surface area contributed by atoms with Crippen LogP contribution in [0.1, 0.15) is 11.1 Å². The lowest BCUT2D eigenvalue weighted by atomic mass is 10.2. The number of ether oxygens (including phenoxy) is 2. The maximum absolute atomic E-state index is 12.1. The number of nitro groups is 1. The van der Waals surface area contributed by atoms with Crippen LogP contribution in [-0.4, -0.2) is 36.4 Å². The van der Waals surface area contributed by atoms with Crippen LogP contribution in [0, 0.1) is 10.1 Å². The van der Waals surface area contributed by atoms with Gasteiger partial charge in [-0.05, 0) is 47.7 Å². The van der Waals surface area contributed by atoms with E-state index < -0.39 is 4.92 Å². The summed E-state index contributed by atoms with van der Waals surface area (Å²) in [6, 6.07) is 11.2. The first-order valence-corrected chi connectivity index (χ1v) is 9.10. The van der Waals surface area contributed by atoms with Crippen LogP contribution >= 0.6 is 11.8 Å². The third-order valence-electron chi connectivity index (χ3n) is 3.84. The first kappa shape index (κ1) is 20.1. The zero-order valence-electron chi connectivity index (χ0n) is 15.5. The fourth-order valence-electron chi connectivity index (χ4n) is 2.39. The van der Waals surface area contributed by atoms with Gasteiger partial charge in [0, 0.05) is 23.8 Å². The molecule has 0 radical (unpaired) electrons. The number of nitrogens with zero attached hydrogens (tertiary/aromatic N) is 3. The van der Waals surface area contributed by atoms with Crippen molar-refractivity contribution in [2.45, 2.75) is 0 Å². The average Bonchev–Trinajstić information content (AvgIpc) is 3.07. The Morgan fingerprint density at radius 3 is 2.55 bits per heavy atom. The van der Waals surface area contributed by atoms with E-state index in [1.54, 1.807) is 50.6 Å². The summed E-state index contributed by atoms with van der Waals surface area (Å²) < 4.78 is 10.4. The van der Waals surface area contributed by atoms with Crippen molar-refractivity contribution in [2.24, 2.45) is 10.2 Å². The third kappa shape index (κ3) is 4.99. The molecule has 3 rings (SSSR count). The lowest BCUT2D eigenvalue weighted by Crippen LogP contribution is -2.19. The van der Waals surface area contributed by atoms with E-state index in [-0.39, 0.29) is 11.6 Å². The summed E-state index contributed by atoms with van der Waals surface area (Å²) in [5, 5.41) is 21.7. The summed E-state index contributed by atoms with van der Waals surface area (Å²) in [7, 11) is 3.11. The molecular weight excluding hydrogens is 396 g/mol. The van der Waals surface area contributed by atoms with Crippen molar-refractivity contribution in [1.29, 1.82) is 0 Å². The molecule has 0 aromatic heterocycles. The van der Waals surface area contributed by atoms with E-state index in [1.165, 1.54) is 18.3 Å². The van der Waals surface area contributed by atoms with Crippen molar-refractivity contribution in [1.82, 2.24) is 5.32 Å². The van der Waals surface area contributed by atoms with Crippen LogP contribution in [0.3, 0.4) is 0 Å². The third-order valence-corrected chi connectivity index (χ3v) is 4.74. The molecule has 1 saturated heterocycles. The molecule has 9 nitrogen and oxygen atoms in total. The largest absolute Gasteiger partial charge is 0.497 e.